The molecule has 8 heteroatoms. The minimum atomic E-state index is -0.353. The first-order chi connectivity index (χ1) is 15.4. The summed E-state index contributed by atoms with van der Waals surface area (Å²) >= 11 is 0. The molecule has 0 amide bonds. The lowest BCUT2D eigenvalue weighted by Gasteiger charge is -2.29. The van der Waals surface area contributed by atoms with E-state index in [0.717, 1.165) is 11.3 Å². The average Bonchev–Trinajstić information content (AvgIpc) is 2.81. The van der Waals surface area contributed by atoms with E-state index >= 15 is 0 Å². The third-order valence-electron chi connectivity index (χ3n) is 4.97. The van der Waals surface area contributed by atoms with Gasteiger partial charge in [0.1, 0.15) is 22.9 Å². The number of anilines is 3. The molecule has 0 saturated heterocycles. The molecule has 0 heterocycles. The lowest BCUT2D eigenvalue weighted by molar-refractivity contribution is 0.394. The van der Waals surface area contributed by atoms with E-state index in [0.29, 0.717) is 34.2 Å². The Kier molecular flexibility index (Phi) is 6.94. The van der Waals surface area contributed by atoms with E-state index < -0.39 is 0 Å². The van der Waals surface area contributed by atoms with Gasteiger partial charge in [0, 0.05) is 24.9 Å². The highest BCUT2D eigenvalue weighted by atomic mass is 16.5. The van der Waals surface area contributed by atoms with Gasteiger partial charge in [-0.15, -0.1) is 5.11 Å². The lowest BCUT2D eigenvalue weighted by Crippen LogP contribution is -2.28. The first-order valence-electron chi connectivity index (χ1n) is 10.0. The summed E-state index contributed by atoms with van der Waals surface area (Å²) in [5.74, 6) is 1.23. The van der Waals surface area contributed by atoms with Gasteiger partial charge in [-0.25, -0.2) is 0 Å². The van der Waals surface area contributed by atoms with Crippen molar-refractivity contribution < 1.29 is 9.47 Å². The number of nitrogens with one attached hydrogen (secondary N) is 2. The summed E-state index contributed by atoms with van der Waals surface area (Å²) in [5.41, 5.74) is 12.9. The summed E-state index contributed by atoms with van der Waals surface area (Å²) in [6, 6.07) is 19.1. The molecule has 0 atom stereocenters. The number of azo groups is 1. The van der Waals surface area contributed by atoms with Crippen molar-refractivity contribution in [1.29, 1.82) is 0 Å². The van der Waals surface area contributed by atoms with Crippen LogP contribution in [-0.2, 0) is 5.54 Å². The fourth-order valence-corrected chi connectivity index (χ4v) is 3.22. The van der Waals surface area contributed by atoms with E-state index in [-0.39, 0.29) is 5.54 Å². The van der Waals surface area contributed by atoms with Gasteiger partial charge in [-0.3, -0.25) is 5.43 Å². The Morgan fingerprint density at radius 1 is 0.906 bits per heavy atom. The topological polar surface area (TPSA) is 106 Å². The SMILES string of the molecule is C=NNc1c(N=Nc2cc(OC)cc(OC)c2)ccc(NC(C)(C)c2ccccc2)c1N. The maximum atomic E-state index is 6.46. The fraction of sp³-hybridized carbons (Fsp3) is 0.208. The first-order valence-corrected chi connectivity index (χ1v) is 10.0. The van der Waals surface area contributed by atoms with Crippen LogP contribution in [0.25, 0.3) is 0 Å². The molecule has 166 valence electrons. The molecule has 3 aromatic carbocycles. The minimum Gasteiger partial charge on any atom is -0.497 e. The van der Waals surface area contributed by atoms with Crippen molar-refractivity contribution in [3.63, 3.8) is 0 Å². The third kappa shape index (κ3) is 5.15. The number of methoxy groups -OCH3 is 2. The average molecular weight is 433 g/mol. The van der Waals surface area contributed by atoms with Crippen LogP contribution in [0.1, 0.15) is 19.4 Å². The van der Waals surface area contributed by atoms with Crippen molar-refractivity contribution in [2.75, 3.05) is 30.7 Å². The molecule has 0 aliphatic carbocycles. The fourth-order valence-electron chi connectivity index (χ4n) is 3.22. The monoisotopic (exact) mass is 432 g/mol. The normalized spacial score (nSPS) is 11.2. The summed E-state index contributed by atoms with van der Waals surface area (Å²) in [6.45, 7) is 7.69. The zero-order chi connectivity index (χ0) is 23.1. The molecule has 3 aromatic rings. The van der Waals surface area contributed by atoms with Crippen LogP contribution in [0.4, 0.5) is 28.4 Å². The minimum absolute atomic E-state index is 0.353. The number of nitrogens with two attached hydrogens (primary N) is 1. The smallest absolute Gasteiger partial charge is 0.124 e. The van der Waals surface area contributed by atoms with Crippen molar-refractivity contribution >= 4 is 35.2 Å². The molecule has 8 nitrogen and oxygen atoms in total. The number of rotatable bonds is 9. The Hall–Kier alpha value is -4.07. The molecule has 0 saturated carbocycles. The Morgan fingerprint density at radius 2 is 1.56 bits per heavy atom. The second kappa shape index (κ2) is 9.82. The van der Waals surface area contributed by atoms with Gasteiger partial charge < -0.3 is 20.5 Å². The largest absolute Gasteiger partial charge is 0.497 e. The van der Waals surface area contributed by atoms with Gasteiger partial charge in [0.25, 0.3) is 0 Å². The standard InChI is InChI=1S/C24H28N6O2/c1-24(2,16-9-7-6-8-10-16)27-20-11-12-21(23(22(20)25)30-26-3)29-28-17-13-18(31-4)15-19(14-17)32-5/h6-15,27,30H,3,25H2,1-2,4-5H3. The maximum absolute atomic E-state index is 6.46. The highest BCUT2D eigenvalue weighted by molar-refractivity contribution is 5.88. The van der Waals surface area contributed by atoms with Crippen LogP contribution in [0.2, 0.25) is 0 Å². The number of benzene rings is 3. The Bertz CT molecular complexity index is 1090. The third-order valence-corrected chi connectivity index (χ3v) is 4.97. The number of hydrazone groups is 1. The van der Waals surface area contributed by atoms with Crippen molar-refractivity contribution in [1.82, 2.24) is 0 Å². The summed E-state index contributed by atoms with van der Waals surface area (Å²) in [6.07, 6.45) is 0. The second-order valence-corrected chi connectivity index (χ2v) is 7.58. The quantitative estimate of drug-likeness (QED) is 0.165. The number of hydrogen-bond donors (Lipinski definition) is 3. The highest BCUT2D eigenvalue weighted by Gasteiger charge is 2.22. The molecule has 32 heavy (non-hydrogen) atoms. The zero-order valence-corrected chi connectivity index (χ0v) is 18.7. The van der Waals surface area contributed by atoms with E-state index in [1.165, 1.54) is 0 Å². The molecule has 0 radical (unpaired) electrons. The summed E-state index contributed by atoms with van der Waals surface area (Å²) in [5, 5.41) is 16.0. The van der Waals surface area contributed by atoms with Crippen molar-refractivity contribution in [2.45, 2.75) is 19.4 Å². The van der Waals surface area contributed by atoms with Crippen LogP contribution in [0.5, 0.6) is 11.5 Å². The summed E-state index contributed by atoms with van der Waals surface area (Å²) < 4.78 is 10.6. The molecule has 0 aliphatic heterocycles. The van der Waals surface area contributed by atoms with Gasteiger partial charge in [0.05, 0.1) is 36.8 Å². The predicted octanol–water partition coefficient (Wildman–Crippen LogP) is 6.08. The van der Waals surface area contributed by atoms with Crippen molar-refractivity contribution in [2.24, 2.45) is 15.3 Å². The number of hydrogen-bond acceptors (Lipinski definition) is 8. The number of nitrogen functional groups attached to an aromatic ring is 1. The molecular formula is C24H28N6O2. The Morgan fingerprint density at radius 3 is 2.16 bits per heavy atom. The number of ether oxygens (including phenoxy) is 2. The van der Waals surface area contributed by atoms with Crippen LogP contribution < -0.4 is 25.9 Å². The van der Waals surface area contributed by atoms with E-state index in [1.54, 1.807) is 32.4 Å². The molecule has 3 rings (SSSR count). The van der Waals surface area contributed by atoms with Crippen LogP contribution in [0, 0.1) is 0 Å². The van der Waals surface area contributed by atoms with E-state index in [1.807, 2.05) is 30.3 Å². The van der Waals surface area contributed by atoms with E-state index in [2.05, 4.69) is 58.8 Å². The Labute approximate surface area is 188 Å². The first kappa shape index (κ1) is 22.6. The summed E-state index contributed by atoms with van der Waals surface area (Å²) in [4.78, 5) is 0. The van der Waals surface area contributed by atoms with Crippen LogP contribution in [-0.4, -0.2) is 20.9 Å². The summed E-state index contributed by atoms with van der Waals surface area (Å²) in [7, 11) is 3.16. The molecule has 0 aliphatic rings. The highest BCUT2D eigenvalue weighted by Crippen LogP contribution is 2.40. The Balaban J connectivity index is 1.94. The van der Waals surface area contributed by atoms with E-state index in [9.17, 15) is 0 Å². The van der Waals surface area contributed by atoms with Crippen molar-refractivity contribution in [3.8, 4) is 11.5 Å². The lowest BCUT2D eigenvalue weighted by atomic mass is 9.94. The molecule has 0 bridgehead atoms. The van der Waals surface area contributed by atoms with E-state index in [4.69, 9.17) is 15.2 Å². The molecule has 0 unspecified atom stereocenters. The zero-order valence-electron chi connectivity index (χ0n) is 18.7. The molecular weight excluding hydrogens is 404 g/mol. The van der Waals surface area contributed by atoms with Crippen molar-refractivity contribution in [3.05, 3.63) is 66.2 Å². The van der Waals surface area contributed by atoms with Crippen LogP contribution >= 0.6 is 0 Å². The maximum Gasteiger partial charge on any atom is 0.124 e. The second-order valence-electron chi connectivity index (χ2n) is 7.58. The van der Waals surface area contributed by atoms with Gasteiger partial charge in [-0.05, 0) is 31.5 Å². The van der Waals surface area contributed by atoms with Gasteiger partial charge >= 0.3 is 0 Å². The van der Waals surface area contributed by atoms with Gasteiger partial charge in [-0.1, -0.05) is 30.3 Å². The van der Waals surface area contributed by atoms with Gasteiger partial charge in [0.15, 0.2) is 0 Å². The predicted molar refractivity (Wildman–Crippen MR) is 131 cm³/mol. The van der Waals surface area contributed by atoms with Gasteiger partial charge in [-0.2, -0.15) is 10.2 Å². The molecule has 0 fully saturated rings. The number of nitrogens with zero attached hydrogens (tertiary/aromatic N) is 3. The molecule has 4 N–H and O–H groups in total. The molecule has 0 spiro atoms. The van der Waals surface area contributed by atoms with Crippen LogP contribution in [0.3, 0.4) is 0 Å². The van der Waals surface area contributed by atoms with Crippen LogP contribution in [0.15, 0.2) is 76.0 Å². The molecule has 0 aromatic heterocycles. The van der Waals surface area contributed by atoms with Gasteiger partial charge in [0.2, 0.25) is 0 Å².